The van der Waals surface area contributed by atoms with E-state index in [9.17, 15) is 13.2 Å². The molecule has 2 aromatic rings. The predicted molar refractivity (Wildman–Crippen MR) is 117 cm³/mol. The van der Waals surface area contributed by atoms with Crippen molar-refractivity contribution in [3.05, 3.63) is 59.1 Å². The Hall–Kier alpha value is -2.09. The number of carbonyl (C=O) groups excluding carboxylic acids is 1. The molecular weight excluding hydrogens is 424 g/mol. The Morgan fingerprint density at radius 3 is 2.47 bits per heavy atom. The molecule has 30 heavy (non-hydrogen) atoms. The fourth-order valence-electron chi connectivity index (χ4n) is 3.46. The van der Waals surface area contributed by atoms with Crippen LogP contribution in [0.1, 0.15) is 37.0 Å². The summed E-state index contributed by atoms with van der Waals surface area (Å²) in [5, 5.41) is 3.42. The van der Waals surface area contributed by atoms with E-state index in [-0.39, 0.29) is 17.9 Å². The summed E-state index contributed by atoms with van der Waals surface area (Å²) in [6.07, 6.45) is 1.32. The molecule has 1 aliphatic heterocycles. The molecule has 162 valence electrons. The molecule has 8 heteroatoms. The molecule has 0 spiro atoms. The van der Waals surface area contributed by atoms with Crippen molar-refractivity contribution in [1.82, 2.24) is 9.62 Å². The van der Waals surface area contributed by atoms with Crippen LogP contribution in [0.4, 0.5) is 0 Å². The van der Waals surface area contributed by atoms with E-state index in [1.54, 1.807) is 48.5 Å². The van der Waals surface area contributed by atoms with E-state index >= 15 is 0 Å². The summed E-state index contributed by atoms with van der Waals surface area (Å²) in [4.78, 5) is 13.0. The standard InChI is InChI=1S/C22H27ClN2O4S/c1-16(2)29-21-9-8-18(23)14-20(21)22(26)24-15-17-10-12-25(13-11-17)30(27,28)19-6-4-3-5-7-19/h3-9,14,16-17H,10-13,15H2,1-2H3,(H,24,26). The minimum absolute atomic E-state index is 0.0615. The summed E-state index contributed by atoms with van der Waals surface area (Å²) >= 11 is 6.06. The Labute approximate surface area is 183 Å². The molecule has 0 saturated carbocycles. The smallest absolute Gasteiger partial charge is 0.255 e. The number of halogens is 1. The maximum atomic E-state index is 12.7. The number of nitrogens with zero attached hydrogens (tertiary/aromatic N) is 1. The van der Waals surface area contributed by atoms with Gasteiger partial charge in [0.1, 0.15) is 5.75 Å². The quantitative estimate of drug-likeness (QED) is 0.692. The molecule has 0 aromatic heterocycles. The Balaban J connectivity index is 1.56. The van der Waals surface area contributed by atoms with Crippen LogP contribution < -0.4 is 10.1 Å². The summed E-state index contributed by atoms with van der Waals surface area (Å²) < 4.78 is 32.7. The van der Waals surface area contributed by atoms with E-state index in [1.807, 2.05) is 13.8 Å². The number of benzene rings is 2. The second kappa shape index (κ2) is 9.81. The van der Waals surface area contributed by atoms with Gasteiger partial charge >= 0.3 is 0 Å². The minimum atomic E-state index is -3.47. The van der Waals surface area contributed by atoms with Crippen molar-refractivity contribution in [2.24, 2.45) is 5.92 Å². The number of nitrogens with one attached hydrogen (secondary N) is 1. The normalized spacial score (nSPS) is 15.9. The van der Waals surface area contributed by atoms with Crippen LogP contribution in [0.5, 0.6) is 5.75 Å². The molecule has 0 aliphatic carbocycles. The van der Waals surface area contributed by atoms with Crippen LogP contribution in [0.2, 0.25) is 5.02 Å². The van der Waals surface area contributed by atoms with E-state index in [0.29, 0.717) is 53.7 Å². The molecule has 1 saturated heterocycles. The van der Waals surface area contributed by atoms with Gasteiger partial charge < -0.3 is 10.1 Å². The zero-order chi connectivity index (χ0) is 21.7. The summed E-state index contributed by atoms with van der Waals surface area (Å²) in [7, 11) is -3.47. The van der Waals surface area contributed by atoms with Gasteiger partial charge in [0.2, 0.25) is 10.0 Å². The second-order valence-corrected chi connectivity index (χ2v) is 10.1. The third-order valence-electron chi connectivity index (χ3n) is 5.05. The average molecular weight is 451 g/mol. The van der Waals surface area contributed by atoms with Gasteiger partial charge in [0.15, 0.2) is 0 Å². The molecule has 1 amide bonds. The lowest BCUT2D eigenvalue weighted by atomic mass is 9.98. The monoisotopic (exact) mass is 450 g/mol. The number of piperidine rings is 1. The van der Waals surface area contributed by atoms with Crippen molar-refractivity contribution in [2.75, 3.05) is 19.6 Å². The average Bonchev–Trinajstić information content (AvgIpc) is 2.74. The van der Waals surface area contributed by atoms with E-state index in [1.165, 1.54) is 4.31 Å². The molecule has 1 N–H and O–H groups in total. The van der Waals surface area contributed by atoms with Crippen LogP contribution in [0, 0.1) is 5.92 Å². The van der Waals surface area contributed by atoms with Crippen molar-refractivity contribution in [2.45, 2.75) is 37.7 Å². The molecule has 3 rings (SSSR count). The molecule has 2 aromatic carbocycles. The van der Waals surface area contributed by atoms with Crippen molar-refractivity contribution < 1.29 is 17.9 Å². The lowest BCUT2D eigenvalue weighted by Crippen LogP contribution is -2.41. The van der Waals surface area contributed by atoms with Crippen LogP contribution in [0.15, 0.2) is 53.4 Å². The highest BCUT2D eigenvalue weighted by Crippen LogP contribution is 2.26. The summed E-state index contributed by atoms with van der Waals surface area (Å²) in [6, 6.07) is 13.5. The number of sulfonamides is 1. The van der Waals surface area contributed by atoms with Gasteiger partial charge in [-0.1, -0.05) is 29.8 Å². The van der Waals surface area contributed by atoms with Gasteiger partial charge in [0, 0.05) is 24.7 Å². The summed E-state index contributed by atoms with van der Waals surface area (Å²) in [5.74, 6) is 0.466. The molecule has 1 aliphatic rings. The van der Waals surface area contributed by atoms with Crippen LogP contribution in [-0.4, -0.2) is 44.4 Å². The van der Waals surface area contributed by atoms with E-state index in [4.69, 9.17) is 16.3 Å². The van der Waals surface area contributed by atoms with Gasteiger partial charge in [-0.3, -0.25) is 4.79 Å². The predicted octanol–water partition coefficient (Wildman–Crippen LogP) is 3.96. The number of amides is 1. The van der Waals surface area contributed by atoms with Crippen molar-refractivity contribution in [3.63, 3.8) is 0 Å². The van der Waals surface area contributed by atoms with Crippen LogP contribution in [0.3, 0.4) is 0 Å². The van der Waals surface area contributed by atoms with E-state index < -0.39 is 10.0 Å². The number of carbonyl (C=O) groups is 1. The topological polar surface area (TPSA) is 75.7 Å². The third-order valence-corrected chi connectivity index (χ3v) is 7.20. The Kier molecular flexibility index (Phi) is 7.39. The number of rotatable bonds is 7. The van der Waals surface area contributed by atoms with Gasteiger partial charge in [-0.25, -0.2) is 8.42 Å². The van der Waals surface area contributed by atoms with Crippen LogP contribution in [-0.2, 0) is 10.0 Å². The highest BCUT2D eigenvalue weighted by atomic mass is 35.5. The fraction of sp³-hybridized carbons (Fsp3) is 0.409. The largest absolute Gasteiger partial charge is 0.490 e. The molecule has 0 atom stereocenters. The second-order valence-electron chi connectivity index (χ2n) is 7.68. The molecule has 1 fully saturated rings. The van der Waals surface area contributed by atoms with E-state index in [2.05, 4.69) is 5.32 Å². The zero-order valence-electron chi connectivity index (χ0n) is 17.2. The molecule has 6 nitrogen and oxygen atoms in total. The summed E-state index contributed by atoms with van der Waals surface area (Å²) in [5.41, 5.74) is 0.403. The lowest BCUT2D eigenvalue weighted by molar-refractivity contribution is 0.0935. The first-order chi connectivity index (χ1) is 14.3. The van der Waals surface area contributed by atoms with E-state index in [0.717, 1.165) is 0 Å². The lowest BCUT2D eigenvalue weighted by Gasteiger charge is -2.31. The highest BCUT2D eigenvalue weighted by molar-refractivity contribution is 7.89. The molecule has 0 unspecified atom stereocenters. The molecule has 1 heterocycles. The van der Waals surface area contributed by atoms with Crippen LogP contribution in [0.25, 0.3) is 0 Å². The first-order valence-electron chi connectivity index (χ1n) is 10.1. The first-order valence-corrected chi connectivity index (χ1v) is 11.9. The third kappa shape index (κ3) is 5.53. The fourth-order valence-corrected chi connectivity index (χ4v) is 5.13. The van der Waals surface area contributed by atoms with Crippen LogP contribution >= 0.6 is 11.6 Å². The number of hydrogen-bond acceptors (Lipinski definition) is 4. The van der Waals surface area contributed by atoms with Gasteiger partial charge in [0.25, 0.3) is 5.91 Å². The highest BCUT2D eigenvalue weighted by Gasteiger charge is 2.29. The number of hydrogen-bond donors (Lipinski definition) is 1. The SMILES string of the molecule is CC(C)Oc1ccc(Cl)cc1C(=O)NCC1CCN(S(=O)(=O)c2ccccc2)CC1. The molecular formula is C22H27ClN2O4S. The van der Waals surface area contributed by atoms with Crippen molar-refractivity contribution >= 4 is 27.5 Å². The maximum Gasteiger partial charge on any atom is 0.255 e. The van der Waals surface area contributed by atoms with Gasteiger partial charge in [-0.15, -0.1) is 0 Å². The van der Waals surface area contributed by atoms with Gasteiger partial charge in [-0.2, -0.15) is 4.31 Å². The van der Waals surface area contributed by atoms with Gasteiger partial charge in [0.05, 0.1) is 16.6 Å². The van der Waals surface area contributed by atoms with Crippen molar-refractivity contribution in [1.29, 1.82) is 0 Å². The molecule has 0 radical (unpaired) electrons. The Morgan fingerprint density at radius 1 is 1.17 bits per heavy atom. The summed E-state index contributed by atoms with van der Waals surface area (Å²) in [6.45, 7) is 5.15. The Bertz CT molecular complexity index is 972. The Morgan fingerprint density at radius 2 is 1.83 bits per heavy atom. The zero-order valence-corrected chi connectivity index (χ0v) is 18.7. The number of ether oxygens (including phenoxy) is 1. The molecule has 0 bridgehead atoms. The van der Waals surface area contributed by atoms with Gasteiger partial charge in [-0.05, 0) is 62.9 Å². The minimum Gasteiger partial charge on any atom is -0.490 e. The van der Waals surface area contributed by atoms with Crippen molar-refractivity contribution in [3.8, 4) is 5.75 Å². The maximum absolute atomic E-state index is 12.7. The first kappa shape index (κ1) is 22.6.